The van der Waals surface area contributed by atoms with Crippen LogP contribution in [0.4, 0.5) is 0 Å². The summed E-state index contributed by atoms with van der Waals surface area (Å²) < 4.78 is 25.4. The van der Waals surface area contributed by atoms with Gasteiger partial charge in [0.25, 0.3) is 0 Å². The molecule has 4 nitrogen and oxygen atoms in total. The second-order valence-corrected chi connectivity index (χ2v) is 9.33. The predicted molar refractivity (Wildman–Crippen MR) is 84.9 cm³/mol. The van der Waals surface area contributed by atoms with Crippen LogP contribution < -0.4 is 0 Å². The molecular formula is C14H20Cl2N2O2S. The topological polar surface area (TPSA) is 52.0 Å². The van der Waals surface area contributed by atoms with Gasteiger partial charge in [-0.05, 0) is 26.2 Å². The first-order chi connectivity index (χ1) is 9.86. The van der Waals surface area contributed by atoms with Crippen molar-refractivity contribution in [3.05, 3.63) is 16.4 Å². The Labute approximate surface area is 135 Å². The molecule has 2 fully saturated rings. The molecule has 0 N–H and O–H groups in total. The largest absolute Gasteiger partial charge is 0.247 e. The van der Waals surface area contributed by atoms with E-state index >= 15 is 0 Å². The Kier molecular flexibility index (Phi) is 4.04. The third kappa shape index (κ3) is 2.73. The van der Waals surface area contributed by atoms with Gasteiger partial charge < -0.3 is 0 Å². The highest BCUT2D eigenvalue weighted by Crippen LogP contribution is 2.41. The lowest BCUT2D eigenvalue weighted by Crippen LogP contribution is -2.32. The number of nitrogens with zero attached hydrogens (tertiary/aromatic N) is 2. The molecule has 0 aromatic carbocycles. The van der Waals surface area contributed by atoms with Gasteiger partial charge in [-0.2, -0.15) is 5.10 Å². The molecule has 2 aliphatic rings. The zero-order valence-electron chi connectivity index (χ0n) is 12.1. The van der Waals surface area contributed by atoms with E-state index in [1.165, 1.54) is 12.8 Å². The molecule has 1 saturated carbocycles. The fourth-order valence-electron chi connectivity index (χ4n) is 3.61. The second kappa shape index (κ2) is 5.43. The molecule has 1 atom stereocenters. The highest BCUT2D eigenvalue weighted by molar-refractivity contribution is 7.91. The minimum atomic E-state index is -3.00. The van der Waals surface area contributed by atoms with E-state index in [0.717, 1.165) is 24.1 Å². The van der Waals surface area contributed by atoms with Crippen LogP contribution in [0.15, 0.2) is 0 Å². The first kappa shape index (κ1) is 15.6. The van der Waals surface area contributed by atoms with Gasteiger partial charge in [0.05, 0.1) is 28.6 Å². The molecule has 1 unspecified atom stereocenters. The Balaban J connectivity index is 2.03. The van der Waals surface area contributed by atoms with Gasteiger partial charge >= 0.3 is 0 Å². The summed E-state index contributed by atoms with van der Waals surface area (Å²) in [6.45, 7) is 1.92. The molecule has 0 bridgehead atoms. The summed E-state index contributed by atoms with van der Waals surface area (Å²) in [5.74, 6) is 1.05. The van der Waals surface area contributed by atoms with Gasteiger partial charge in [0.2, 0.25) is 0 Å². The van der Waals surface area contributed by atoms with Gasteiger partial charge in [-0.1, -0.05) is 24.4 Å². The molecule has 7 heteroatoms. The summed E-state index contributed by atoms with van der Waals surface area (Å²) in [5.41, 5.74) is 1.32. The molecule has 21 heavy (non-hydrogen) atoms. The Morgan fingerprint density at radius 3 is 2.57 bits per heavy atom. The summed E-state index contributed by atoms with van der Waals surface area (Å²) in [5, 5.41) is 5.24. The lowest BCUT2D eigenvalue weighted by atomic mass is 10.0. The van der Waals surface area contributed by atoms with Gasteiger partial charge in [0, 0.05) is 11.5 Å². The lowest BCUT2D eigenvalue weighted by Gasteiger charge is -2.24. The number of halogens is 2. The van der Waals surface area contributed by atoms with Crippen LogP contribution in [-0.4, -0.2) is 29.7 Å². The van der Waals surface area contributed by atoms with E-state index in [4.69, 9.17) is 28.3 Å². The fraction of sp³-hybridized carbons (Fsp3) is 0.786. The normalized spacial score (nSPS) is 29.3. The molecule has 1 aromatic rings. The minimum Gasteiger partial charge on any atom is -0.247 e. The molecule has 0 radical (unpaired) electrons. The van der Waals surface area contributed by atoms with Crippen molar-refractivity contribution >= 4 is 33.0 Å². The Bertz CT molecular complexity index is 650. The van der Waals surface area contributed by atoms with Gasteiger partial charge in [0.1, 0.15) is 5.15 Å². The molecule has 0 amide bonds. The van der Waals surface area contributed by atoms with Gasteiger partial charge in [-0.3, -0.25) is 0 Å². The van der Waals surface area contributed by atoms with E-state index in [1.807, 2.05) is 6.92 Å². The molecule has 1 aromatic heterocycles. The number of rotatable bonds is 3. The highest BCUT2D eigenvalue weighted by atomic mass is 35.5. The van der Waals surface area contributed by atoms with Crippen molar-refractivity contribution in [2.75, 3.05) is 11.5 Å². The molecule has 1 aliphatic heterocycles. The van der Waals surface area contributed by atoms with Gasteiger partial charge in [-0.25, -0.2) is 13.1 Å². The summed E-state index contributed by atoms with van der Waals surface area (Å²) in [4.78, 5) is 0. The quantitative estimate of drug-likeness (QED) is 0.784. The molecule has 0 spiro atoms. The van der Waals surface area contributed by atoms with Crippen LogP contribution in [0.3, 0.4) is 0 Å². The fourth-order valence-corrected chi connectivity index (χ4v) is 6.46. The maximum absolute atomic E-state index is 11.8. The molecule has 3 rings (SSSR count). The maximum atomic E-state index is 11.8. The van der Waals surface area contributed by atoms with Crippen molar-refractivity contribution in [2.24, 2.45) is 0 Å². The summed E-state index contributed by atoms with van der Waals surface area (Å²) in [6.07, 6.45) is 5.21. The zero-order valence-corrected chi connectivity index (χ0v) is 14.4. The van der Waals surface area contributed by atoms with Crippen LogP contribution in [0, 0.1) is 0 Å². The standard InChI is InChI=1S/C14H20Cl2N2O2S/c1-14(6-7-21(19,20)9-14)18-13(16)11(8-15)12(17-18)10-4-2-3-5-10/h10H,2-9H2,1H3. The van der Waals surface area contributed by atoms with Crippen molar-refractivity contribution < 1.29 is 8.42 Å². The first-order valence-electron chi connectivity index (χ1n) is 7.40. The molecular weight excluding hydrogens is 331 g/mol. The number of sulfone groups is 1. The Morgan fingerprint density at radius 1 is 1.38 bits per heavy atom. The van der Waals surface area contributed by atoms with Crippen LogP contribution in [0.5, 0.6) is 0 Å². The number of hydrogen-bond donors (Lipinski definition) is 0. The third-order valence-electron chi connectivity index (χ3n) is 4.82. The smallest absolute Gasteiger partial charge is 0.152 e. The monoisotopic (exact) mass is 350 g/mol. The predicted octanol–water partition coefficient (Wildman–Crippen LogP) is 3.47. The van der Waals surface area contributed by atoms with E-state index in [1.54, 1.807) is 4.68 Å². The van der Waals surface area contributed by atoms with Crippen LogP contribution in [0.2, 0.25) is 5.15 Å². The van der Waals surface area contributed by atoms with E-state index < -0.39 is 15.4 Å². The third-order valence-corrected chi connectivity index (χ3v) is 7.36. The van der Waals surface area contributed by atoms with E-state index in [-0.39, 0.29) is 11.5 Å². The van der Waals surface area contributed by atoms with Crippen LogP contribution in [0.1, 0.15) is 56.2 Å². The van der Waals surface area contributed by atoms with E-state index in [2.05, 4.69) is 0 Å². The SMILES string of the molecule is CC1(n2nc(C3CCCC3)c(CCl)c2Cl)CCS(=O)(=O)C1. The maximum Gasteiger partial charge on any atom is 0.152 e. The van der Waals surface area contributed by atoms with Crippen molar-refractivity contribution in [3.63, 3.8) is 0 Å². The van der Waals surface area contributed by atoms with Crippen molar-refractivity contribution in [2.45, 2.75) is 56.4 Å². The molecule has 1 saturated heterocycles. The Hall–Kier alpha value is -0.260. The van der Waals surface area contributed by atoms with Crippen LogP contribution in [-0.2, 0) is 21.3 Å². The number of hydrogen-bond acceptors (Lipinski definition) is 3. The minimum absolute atomic E-state index is 0.104. The summed E-state index contributed by atoms with van der Waals surface area (Å²) >= 11 is 12.6. The average Bonchev–Trinajstić information content (AvgIpc) is 3.08. The second-order valence-electron chi connectivity index (χ2n) is 6.52. The highest BCUT2D eigenvalue weighted by Gasteiger charge is 2.43. The zero-order chi connectivity index (χ0) is 15.3. The number of aromatic nitrogens is 2. The first-order valence-corrected chi connectivity index (χ1v) is 10.1. The van der Waals surface area contributed by atoms with Gasteiger partial charge in [0.15, 0.2) is 9.84 Å². The summed E-state index contributed by atoms with van der Waals surface area (Å²) in [6, 6.07) is 0. The molecule has 118 valence electrons. The summed E-state index contributed by atoms with van der Waals surface area (Å²) in [7, 11) is -3.00. The van der Waals surface area contributed by atoms with Crippen molar-refractivity contribution in [1.82, 2.24) is 9.78 Å². The number of alkyl halides is 1. The van der Waals surface area contributed by atoms with E-state index in [0.29, 0.717) is 23.4 Å². The van der Waals surface area contributed by atoms with Crippen LogP contribution >= 0.6 is 23.2 Å². The Morgan fingerprint density at radius 2 is 2.05 bits per heavy atom. The van der Waals surface area contributed by atoms with Crippen molar-refractivity contribution in [3.8, 4) is 0 Å². The van der Waals surface area contributed by atoms with Crippen molar-refractivity contribution in [1.29, 1.82) is 0 Å². The van der Waals surface area contributed by atoms with E-state index in [9.17, 15) is 8.42 Å². The average molecular weight is 351 g/mol. The molecule has 1 aliphatic carbocycles. The van der Waals surface area contributed by atoms with Crippen LogP contribution in [0.25, 0.3) is 0 Å². The lowest BCUT2D eigenvalue weighted by molar-refractivity contribution is 0.326. The molecule has 2 heterocycles. The van der Waals surface area contributed by atoms with Gasteiger partial charge in [-0.15, -0.1) is 11.6 Å².